The molecule has 1 unspecified atom stereocenters. The molecule has 1 aromatic heterocycles. The Kier molecular flexibility index (Phi) is 4.29. The minimum absolute atomic E-state index is 0.143. The van der Waals surface area contributed by atoms with Crippen LogP contribution in [0.4, 0.5) is 9.52 Å². The highest BCUT2D eigenvalue weighted by atomic mass is 79.9. The number of rotatable bonds is 4. The zero-order valence-corrected chi connectivity index (χ0v) is 12.5. The Morgan fingerprint density at radius 3 is 2.83 bits per heavy atom. The molecule has 0 fully saturated rings. The highest BCUT2D eigenvalue weighted by Gasteiger charge is 2.13. The van der Waals surface area contributed by atoms with Gasteiger partial charge in [0, 0.05) is 10.0 Å². The van der Waals surface area contributed by atoms with E-state index in [4.69, 9.17) is 0 Å². The van der Waals surface area contributed by atoms with Crippen molar-refractivity contribution in [3.05, 3.63) is 39.1 Å². The molecule has 1 atom stereocenters. The normalized spacial score (nSPS) is 12.4. The van der Waals surface area contributed by atoms with Gasteiger partial charge in [0.25, 0.3) is 0 Å². The molecule has 1 aromatic carbocycles. The molecule has 3 nitrogen and oxygen atoms in total. The Balaban J connectivity index is 2.13. The van der Waals surface area contributed by atoms with Gasteiger partial charge in [0.15, 0.2) is 0 Å². The van der Waals surface area contributed by atoms with Crippen LogP contribution in [0.1, 0.15) is 30.5 Å². The highest BCUT2D eigenvalue weighted by molar-refractivity contribution is 9.10. The summed E-state index contributed by atoms with van der Waals surface area (Å²) in [6.07, 6.45) is 0.861. The van der Waals surface area contributed by atoms with Crippen molar-refractivity contribution in [1.82, 2.24) is 10.2 Å². The predicted molar refractivity (Wildman–Crippen MR) is 75.4 cm³/mol. The largest absolute Gasteiger partial charge is 0.353 e. The standard InChI is InChI=1S/C12H13BrFN3S/c1-3-11-16-17-12(18-11)15-7(2)9-5-4-8(13)6-10(9)14/h4-7H,3H2,1-2H3,(H,15,17). The van der Waals surface area contributed by atoms with E-state index in [-0.39, 0.29) is 11.9 Å². The van der Waals surface area contributed by atoms with Crippen LogP contribution in [-0.4, -0.2) is 10.2 Å². The van der Waals surface area contributed by atoms with Gasteiger partial charge in [0.2, 0.25) is 5.13 Å². The summed E-state index contributed by atoms with van der Waals surface area (Å²) < 4.78 is 14.5. The maximum absolute atomic E-state index is 13.8. The van der Waals surface area contributed by atoms with Crippen LogP contribution < -0.4 is 5.32 Å². The van der Waals surface area contributed by atoms with Gasteiger partial charge in [0.1, 0.15) is 10.8 Å². The van der Waals surface area contributed by atoms with E-state index in [1.54, 1.807) is 6.07 Å². The summed E-state index contributed by atoms with van der Waals surface area (Å²) >= 11 is 4.74. The quantitative estimate of drug-likeness (QED) is 0.914. The second kappa shape index (κ2) is 5.75. The Hall–Kier alpha value is -1.01. The summed E-state index contributed by atoms with van der Waals surface area (Å²) in [5, 5.41) is 12.9. The van der Waals surface area contributed by atoms with Crippen LogP contribution in [0, 0.1) is 5.82 Å². The first-order valence-corrected chi connectivity index (χ1v) is 7.25. The fourth-order valence-corrected chi connectivity index (χ4v) is 2.67. The van der Waals surface area contributed by atoms with Crippen molar-refractivity contribution in [3.63, 3.8) is 0 Å². The van der Waals surface area contributed by atoms with Crippen LogP contribution in [0.15, 0.2) is 22.7 Å². The van der Waals surface area contributed by atoms with Crippen molar-refractivity contribution >= 4 is 32.4 Å². The van der Waals surface area contributed by atoms with Gasteiger partial charge in [-0.15, -0.1) is 10.2 Å². The predicted octanol–water partition coefficient (Wildman–Crippen LogP) is 4.18. The molecule has 2 aromatic rings. The smallest absolute Gasteiger partial charge is 0.206 e. The van der Waals surface area contributed by atoms with Crippen molar-refractivity contribution in [3.8, 4) is 0 Å². The van der Waals surface area contributed by atoms with E-state index in [2.05, 4.69) is 31.4 Å². The van der Waals surface area contributed by atoms with E-state index in [1.165, 1.54) is 17.4 Å². The van der Waals surface area contributed by atoms with Crippen LogP contribution in [0.25, 0.3) is 0 Å². The average molecular weight is 330 g/mol. The zero-order valence-electron chi connectivity index (χ0n) is 10.1. The van der Waals surface area contributed by atoms with Gasteiger partial charge in [-0.2, -0.15) is 0 Å². The maximum atomic E-state index is 13.8. The number of benzene rings is 1. The zero-order chi connectivity index (χ0) is 13.1. The number of halogens is 2. The minimum atomic E-state index is -0.232. The third-order valence-electron chi connectivity index (χ3n) is 2.54. The summed E-state index contributed by atoms with van der Waals surface area (Å²) in [5.41, 5.74) is 0.617. The summed E-state index contributed by atoms with van der Waals surface area (Å²) in [6, 6.07) is 4.91. The molecule has 18 heavy (non-hydrogen) atoms. The molecule has 0 radical (unpaired) electrons. The van der Waals surface area contributed by atoms with E-state index in [1.807, 2.05) is 19.9 Å². The molecule has 6 heteroatoms. The van der Waals surface area contributed by atoms with Crippen molar-refractivity contribution < 1.29 is 4.39 Å². The molecule has 0 aliphatic carbocycles. The summed E-state index contributed by atoms with van der Waals surface area (Å²) in [6.45, 7) is 3.93. The maximum Gasteiger partial charge on any atom is 0.206 e. The van der Waals surface area contributed by atoms with Crippen LogP contribution in [0.5, 0.6) is 0 Å². The number of aromatic nitrogens is 2. The Morgan fingerprint density at radius 1 is 1.44 bits per heavy atom. The van der Waals surface area contributed by atoms with Crippen LogP contribution in [-0.2, 0) is 6.42 Å². The van der Waals surface area contributed by atoms with Crippen LogP contribution in [0.2, 0.25) is 0 Å². The van der Waals surface area contributed by atoms with Crippen molar-refractivity contribution in [1.29, 1.82) is 0 Å². The molecular formula is C12H13BrFN3S. The first-order chi connectivity index (χ1) is 8.60. The third kappa shape index (κ3) is 3.05. The van der Waals surface area contributed by atoms with Crippen molar-refractivity contribution in [2.45, 2.75) is 26.3 Å². The Labute approximate surface area is 118 Å². The van der Waals surface area contributed by atoms with E-state index in [9.17, 15) is 4.39 Å². The SMILES string of the molecule is CCc1nnc(NC(C)c2ccc(Br)cc2F)s1. The number of aryl methyl sites for hydroxylation is 1. The molecule has 0 saturated heterocycles. The van der Waals surface area contributed by atoms with Crippen LogP contribution in [0.3, 0.4) is 0 Å². The van der Waals surface area contributed by atoms with Crippen LogP contribution >= 0.6 is 27.3 Å². The number of nitrogens with one attached hydrogen (secondary N) is 1. The van der Waals surface area contributed by atoms with Gasteiger partial charge in [-0.1, -0.05) is 40.3 Å². The lowest BCUT2D eigenvalue weighted by molar-refractivity contribution is 0.599. The lowest BCUT2D eigenvalue weighted by Gasteiger charge is -2.13. The van der Waals surface area contributed by atoms with Gasteiger partial charge in [-0.05, 0) is 25.5 Å². The second-order valence-electron chi connectivity index (χ2n) is 3.89. The molecule has 0 spiro atoms. The van der Waals surface area contributed by atoms with Gasteiger partial charge in [-0.25, -0.2) is 4.39 Å². The molecule has 0 saturated carbocycles. The van der Waals surface area contributed by atoms with Gasteiger partial charge in [0.05, 0.1) is 6.04 Å². The Bertz CT molecular complexity index is 544. The summed E-state index contributed by atoms with van der Waals surface area (Å²) in [7, 11) is 0. The summed E-state index contributed by atoms with van der Waals surface area (Å²) in [4.78, 5) is 0. The van der Waals surface area contributed by atoms with E-state index < -0.39 is 0 Å². The van der Waals surface area contributed by atoms with E-state index >= 15 is 0 Å². The van der Waals surface area contributed by atoms with Crippen molar-refractivity contribution in [2.75, 3.05) is 5.32 Å². The van der Waals surface area contributed by atoms with Gasteiger partial charge < -0.3 is 5.32 Å². The molecule has 1 heterocycles. The van der Waals surface area contributed by atoms with Gasteiger partial charge >= 0.3 is 0 Å². The number of hydrogen-bond acceptors (Lipinski definition) is 4. The number of hydrogen-bond donors (Lipinski definition) is 1. The first-order valence-electron chi connectivity index (χ1n) is 5.64. The molecular weight excluding hydrogens is 317 g/mol. The molecule has 96 valence electrons. The monoisotopic (exact) mass is 329 g/mol. The molecule has 0 aliphatic heterocycles. The number of nitrogens with zero attached hydrogens (tertiary/aromatic N) is 2. The minimum Gasteiger partial charge on any atom is -0.353 e. The van der Waals surface area contributed by atoms with E-state index in [0.717, 1.165) is 21.0 Å². The molecule has 2 rings (SSSR count). The average Bonchev–Trinajstić information content (AvgIpc) is 2.76. The van der Waals surface area contributed by atoms with Crippen molar-refractivity contribution in [2.24, 2.45) is 0 Å². The van der Waals surface area contributed by atoms with Gasteiger partial charge in [-0.3, -0.25) is 0 Å². The molecule has 0 bridgehead atoms. The lowest BCUT2D eigenvalue weighted by atomic mass is 10.1. The number of anilines is 1. The Morgan fingerprint density at radius 2 is 2.22 bits per heavy atom. The first kappa shape index (κ1) is 13.4. The fraction of sp³-hybridized carbons (Fsp3) is 0.333. The molecule has 0 aliphatic rings. The third-order valence-corrected chi connectivity index (χ3v) is 4.03. The lowest BCUT2D eigenvalue weighted by Crippen LogP contribution is -2.08. The topological polar surface area (TPSA) is 37.8 Å². The van der Waals surface area contributed by atoms with E-state index in [0.29, 0.717) is 5.56 Å². The highest BCUT2D eigenvalue weighted by Crippen LogP contribution is 2.25. The fourth-order valence-electron chi connectivity index (χ4n) is 1.57. The molecule has 1 N–H and O–H groups in total. The molecule has 0 amide bonds. The summed E-state index contributed by atoms with van der Waals surface area (Å²) in [5.74, 6) is -0.232. The second-order valence-corrected chi connectivity index (χ2v) is 5.86.